The monoisotopic (exact) mass is 340 g/mol. The number of nitrogens with one attached hydrogen (secondary N) is 1. The lowest BCUT2D eigenvalue weighted by Crippen LogP contribution is -2.35. The third-order valence-corrected chi connectivity index (χ3v) is 5.37. The molecule has 1 fully saturated rings. The van der Waals surface area contributed by atoms with Crippen LogP contribution in [0.4, 0.5) is 5.69 Å². The summed E-state index contributed by atoms with van der Waals surface area (Å²) < 4.78 is 25.9. The number of carboxylic acids is 1. The predicted octanol–water partition coefficient (Wildman–Crippen LogP) is 1.39. The van der Waals surface area contributed by atoms with Crippen molar-refractivity contribution in [3.63, 3.8) is 0 Å². The fourth-order valence-electron chi connectivity index (χ4n) is 2.48. The minimum absolute atomic E-state index is 0.101. The van der Waals surface area contributed by atoms with Gasteiger partial charge in [0.15, 0.2) is 0 Å². The molecule has 1 aliphatic rings. The number of carbonyl (C=O) groups is 2. The largest absolute Gasteiger partial charge is 0.481 e. The molecule has 126 valence electrons. The topological polar surface area (TPSA) is 104 Å². The zero-order valence-electron chi connectivity index (χ0n) is 13.1. The predicted molar refractivity (Wildman–Crippen MR) is 85.8 cm³/mol. The zero-order chi connectivity index (χ0) is 17.3. The average molecular weight is 340 g/mol. The van der Waals surface area contributed by atoms with Gasteiger partial charge in [0.25, 0.3) is 5.91 Å². The van der Waals surface area contributed by atoms with E-state index in [0.717, 1.165) is 0 Å². The van der Waals surface area contributed by atoms with Gasteiger partial charge in [0.2, 0.25) is 10.0 Å². The van der Waals surface area contributed by atoms with Crippen LogP contribution in [0.25, 0.3) is 0 Å². The first-order chi connectivity index (χ1) is 10.7. The van der Waals surface area contributed by atoms with Crippen molar-refractivity contribution in [1.82, 2.24) is 4.90 Å². The molecule has 23 heavy (non-hydrogen) atoms. The van der Waals surface area contributed by atoms with Crippen molar-refractivity contribution in [1.29, 1.82) is 0 Å². The van der Waals surface area contributed by atoms with Crippen molar-refractivity contribution in [2.45, 2.75) is 20.3 Å². The van der Waals surface area contributed by atoms with Crippen LogP contribution in [-0.2, 0) is 14.8 Å². The minimum Gasteiger partial charge on any atom is -0.481 e. The number of aliphatic carboxylic acids is 1. The number of carboxylic acid groups (broad SMARTS) is 1. The number of amides is 1. The van der Waals surface area contributed by atoms with Gasteiger partial charge in [-0.2, -0.15) is 0 Å². The second kappa shape index (κ2) is 6.19. The molecule has 7 nitrogen and oxygen atoms in total. The number of carbonyl (C=O) groups excluding carboxylic acids is 1. The minimum atomic E-state index is -3.50. The lowest BCUT2D eigenvalue weighted by atomic mass is 9.90. The maximum absolute atomic E-state index is 12.7. The van der Waals surface area contributed by atoms with Crippen LogP contribution in [0, 0.1) is 5.41 Å². The first-order valence-corrected chi connectivity index (χ1v) is 8.96. The average Bonchev–Trinajstić information content (AvgIpc) is 2.91. The highest BCUT2D eigenvalue weighted by Crippen LogP contribution is 2.32. The number of sulfonamides is 1. The Bertz CT molecular complexity index is 731. The molecule has 0 saturated carbocycles. The molecule has 2 rings (SSSR count). The number of para-hydroxylation sites is 1. The highest BCUT2D eigenvalue weighted by molar-refractivity contribution is 7.92. The number of hydrogen-bond donors (Lipinski definition) is 2. The fraction of sp³-hybridized carbons (Fsp3) is 0.467. The van der Waals surface area contributed by atoms with Gasteiger partial charge >= 0.3 is 5.97 Å². The summed E-state index contributed by atoms with van der Waals surface area (Å²) in [5.74, 6) is -1.41. The van der Waals surface area contributed by atoms with Crippen molar-refractivity contribution in [3.05, 3.63) is 29.8 Å². The zero-order valence-corrected chi connectivity index (χ0v) is 13.9. The Balaban J connectivity index is 2.26. The van der Waals surface area contributed by atoms with Gasteiger partial charge in [-0.3, -0.25) is 14.3 Å². The maximum atomic E-state index is 12.7. The van der Waals surface area contributed by atoms with Crippen molar-refractivity contribution in [2.24, 2.45) is 5.41 Å². The molecule has 1 heterocycles. The van der Waals surface area contributed by atoms with E-state index in [2.05, 4.69) is 4.72 Å². The van der Waals surface area contributed by atoms with Crippen LogP contribution in [0.15, 0.2) is 24.3 Å². The number of hydrogen-bond acceptors (Lipinski definition) is 4. The Morgan fingerprint density at radius 1 is 1.35 bits per heavy atom. The van der Waals surface area contributed by atoms with Crippen molar-refractivity contribution in [3.8, 4) is 0 Å². The smallest absolute Gasteiger partial charge is 0.311 e. The molecule has 1 saturated heterocycles. The molecule has 0 spiro atoms. The normalized spacial score (nSPS) is 21.2. The quantitative estimate of drug-likeness (QED) is 0.843. The Morgan fingerprint density at radius 2 is 2.00 bits per heavy atom. The Hall–Kier alpha value is -2.09. The fourth-order valence-corrected chi connectivity index (χ4v) is 3.14. The highest BCUT2D eigenvalue weighted by atomic mass is 32.2. The van der Waals surface area contributed by atoms with Gasteiger partial charge in [-0.05, 0) is 32.4 Å². The van der Waals surface area contributed by atoms with Crippen LogP contribution in [-0.4, -0.2) is 49.1 Å². The molecule has 0 aromatic heterocycles. The first kappa shape index (κ1) is 17.3. The van der Waals surface area contributed by atoms with Crippen molar-refractivity contribution >= 4 is 27.6 Å². The van der Waals surface area contributed by atoms with E-state index in [0.29, 0.717) is 13.0 Å². The molecule has 0 bridgehead atoms. The number of benzene rings is 1. The van der Waals surface area contributed by atoms with E-state index in [1.807, 2.05) is 0 Å². The molecule has 1 atom stereocenters. The summed E-state index contributed by atoms with van der Waals surface area (Å²) in [4.78, 5) is 25.4. The summed E-state index contributed by atoms with van der Waals surface area (Å²) in [7, 11) is -3.50. The van der Waals surface area contributed by atoms with Crippen molar-refractivity contribution in [2.75, 3.05) is 23.6 Å². The molecular weight excluding hydrogens is 320 g/mol. The summed E-state index contributed by atoms with van der Waals surface area (Å²) in [6.07, 6.45) is 0.372. The lowest BCUT2D eigenvalue weighted by molar-refractivity contribution is -0.147. The molecular formula is C15H20N2O5S. The van der Waals surface area contributed by atoms with Crippen LogP contribution in [0.3, 0.4) is 0 Å². The van der Waals surface area contributed by atoms with E-state index in [9.17, 15) is 23.1 Å². The van der Waals surface area contributed by atoms with Crippen LogP contribution in [0.2, 0.25) is 0 Å². The second-order valence-corrected chi connectivity index (χ2v) is 7.90. The third kappa shape index (κ3) is 3.64. The maximum Gasteiger partial charge on any atom is 0.311 e. The lowest BCUT2D eigenvalue weighted by Gasteiger charge is -2.21. The number of rotatable bonds is 5. The summed E-state index contributed by atoms with van der Waals surface area (Å²) in [5, 5.41) is 9.25. The van der Waals surface area contributed by atoms with E-state index in [1.54, 1.807) is 19.1 Å². The number of anilines is 1. The van der Waals surface area contributed by atoms with Crippen LogP contribution in [0.5, 0.6) is 0 Å². The van der Waals surface area contributed by atoms with Crippen LogP contribution in [0.1, 0.15) is 30.6 Å². The molecule has 1 aliphatic heterocycles. The third-order valence-electron chi connectivity index (χ3n) is 4.08. The van der Waals surface area contributed by atoms with E-state index in [-0.39, 0.29) is 29.5 Å². The molecule has 1 unspecified atom stereocenters. The molecule has 0 radical (unpaired) electrons. The Labute approximate surface area is 135 Å². The first-order valence-electron chi connectivity index (χ1n) is 7.31. The molecule has 8 heteroatoms. The number of nitrogens with zero attached hydrogens (tertiary/aromatic N) is 1. The molecule has 1 aromatic rings. The SMILES string of the molecule is CCS(=O)(=O)Nc1ccccc1C(=O)N1CCC(C)(C(=O)O)C1. The van der Waals surface area contributed by atoms with Gasteiger partial charge in [-0.25, -0.2) is 8.42 Å². The number of likely N-dealkylation sites (tertiary alicyclic amines) is 1. The standard InChI is InChI=1S/C15H20N2O5S/c1-3-23(21,22)16-12-7-5-4-6-11(12)13(18)17-9-8-15(2,10-17)14(19)20/h4-7,16H,3,8-10H2,1-2H3,(H,19,20). The van der Waals surface area contributed by atoms with Gasteiger partial charge in [0.05, 0.1) is 22.4 Å². The van der Waals surface area contributed by atoms with Crippen LogP contribution < -0.4 is 4.72 Å². The van der Waals surface area contributed by atoms with Gasteiger partial charge < -0.3 is 10.0 Å². The van der Waals surface area contributed by atoms with Crippen LogP contribution >= 0.6 is 0 Å². The molecule has 1 aromatic carbocycles. The van der Waals surface area contributed by atoms with E-state index < -0.39 is 21.4 Å². The summed E-state index contributed by atoms with van der Waals surface area (Å²) in [5.41, 5.74) is -0.532. The summed E-state index contributed by atoms with van der Waals surface area (Å²) in [6, 6.07) is 6.33. The van der Waals surface area contributed by atoms with Gasteiger partial charge in [0.1, 0.15) is 0 Å². The molecule has 2 N–H and O–H groups in total. The van der Waals surface area contributed by atoms with E-state index >= 15 is 0 Å². The molecule has 1 amide bonds. The Morgan fingerprint density at radius 3 is 2.57 bits per heavy atom. The van der Waals surface area contributed by atoms with Gasteiger partial charge in [-0.15, -0.1) is 0 Å². The van der Waals surface area contributed by atoms with Gasteiger partial charge in [0, 0.05) is 13.1 Å². The summed E-state index contributed by atoms with van der Waals surface area (Å²) in [6.45, 7) is 3.55. The van der Waals surface area contributed by atoms with E-state index in [1.165, 1.54) is 24.0 Å². The van der Waals surface area contributed by atoms with Crippen molar-refractivity contribution < 1.29 is 23.1 Å². The van der Waals surface area contributed by atoms with E-state index in [4.69, 9.17) is 0 Å². The second-order valence-electron chi connectivity index (χ2n) is 5.89. The Kier molecular flexibility index (Phi) is 4.65. The summed E-state index contributed by atoms with van der Waals surface area (Å²) >= 11 is 0. The highest BCUT2D eigenvalue weighted by Gasteiger charge is 2.42. The van der Waals surface area contributed by atoms with Gasteiger partial charge in [-0.1, -0.05) is 12.1 Å². The molecule has 0 aliphatic carbocycles.